The Bertz CT molecular complexity index is 1420. The predicted octanol–water partition coefficient (Wildman–Crippen LogP) is -0.651. The predicted molar refractivity (Wildman–Crippen MR) is 169 cm³/mol. The number of H-pyrrole nitrogens is 2. The van der Waals surface area contributed by atoms with Crippen molar-refractivity contribution in [1.29, 1.82) is 0 Å². The molecule has 3 rings (SSSR count). The third-order valence-corrected chi connectivity index (χ3v) is 7.51. The van der Waals surface area contributed by atoms with Crippen molar-refractivity contribution in [2.45, 2.75) is 56.3 Å². The van der Waals surface area contributed by atoms with Gasteiger partial charge in [0.15, 0.2) is 5.96 Å². The van der Waals surface area contributed by atoms with Crippen molar-refractivity contribution in [2.24, 2.45) is 22.2 Å². The van der Waals surface area contributed by atoms with Crippen LogP contribution in [0.3, 0.4) is 0 Å². The Morgan fingerprint density at radius 3 is 2.36 bits per heavy atom. The molecule has 0 radical (unpaired) electrons. The lowest BCUT2D eigenvalue weighted by Gasteiger charge is -2.25. The van der Waals surface area contributed by atoms with E-state index in [-0.39, 0.29) is 38.2 Å². The summed E-state index contributed by atoms with van der Waals surface area (Å²) in [6.07, 6.45) is 7.44. The molecule has 3 aromatic rings. The SMILES string of the molecule is CSCCC(NC(=O)C(CCCN=C(N)N)NC(=O)C(Cc1cnc[nH]1)NC(=O)C(N)Cc1c[nH]c2ccccc12)C(=O)O. The zero-order valence-corrected chi connectivity index (χ0v) is 25.2. The smallest absolute Gasteiger partial charge is 0.326 e. The fourth-order valence-corrected chi connectivity index (χ4v) is 5.02. The quantitative estimate of drug-likeness (QED) is 0.0488. The maximum atomic E-state index is 13.6. The lowest BCUT2D eigenvalue weighted by molar-refractivity contribution is -0.142. The van der Waals surface area contributed by atoms with Crippen molar-refractivity contribution in [3.63, 3.8) is 0 Å². The number of aliphatic imine (C=N–C) groups is 1. The number of aliphatic carboxylic acids is 1. The number of amides is 3. The molecule has 0 fully saturated rings. The standard InChI is InChI=1S/C28H40N10O5S/c1-44-10-8-22(27(42)43)37-25(40)21(7-4-9-33-28(30)31)36-26(41)23(12-17-14-32-15-35-17)38-24(39)19(29)11-16-13-34-20-6-3-2-5-18(16)20/h2-3,5-6,13-15,19,21-23,34H,4,7-12,29H2,1H3,(H,32,35)(H,36,41)(H,37,40)(H,38,39)(H,42,43)(H4,30,31,33). The van der Waals surface area contributed by atoms with E-state index in [9.17, 15) is 24.3 Å². The number of carboxylic acid groups (broad SMARTS) is 1. The second-order valence-corrected chi connectivity index (χ2v) is 11.2. The van der Waals surface area contributed by atoms with Crippen LogP contribution in [0.15, 0.2) is 48.0 Å². The molecular formula is C28H40N10O5S. The monoisotopic (exact) mass is 628 g/mol. The zero-order valence-electron chi connectivity index (χ0n) is 24.4. The number of nitrogens with one attached hydrogen (secondary N) is 5. The number of aromatic nitrogens is 3. The molecule has 0 aliphatic rings. The third-order valence-electron chi connectivity index (χ3n) is 6.87. The van der Waals surface area contributed by atoms with Crippen LogP contribution >= 0.6 is 11.8 Å². The number of rotatable bonds is 18. The number of carbonyl (C=O) groups is 4. The number of hydrogen-bond acceptors (Lipinski definition) is 8. The Hall–Kier alpha value is -4.57. The summed E-state index contributed by atoms with van der Waals surface area (Å²) < 4.78 is 0. The number of guanidine groups is 1. The van der Waals surface area contributed by atoms with Crippen LogP contribution in [-0.2, 0) is 32.0 Å². The van der Waals surface area contributed by atoms with E-state index < -0.39 is 47.9 Å². The van der Waals surface area contributed by atoms with Gasteiger partial charge in [-0.1, -0.05) is 18.2 Å². The highest BCUT2D eigenvalue weighted by molar-refractivity contribution is 7.98. The molecule has 0 saturated carbocycles. The van der Waals surface area contributed by atoms with Gasteiger partial charge in [0.2, 0.25) is 17.7 Å². The molecule has 2 aromatic heterocycles. The molecule has 0 spiro atoms. The second-order valence-electron chi connectivity index (χ2n) is 10.2. The zero-order chi connectivity index (χ0) is 32.1. The summed E-state index contributed by atoms with van der Waals surface area (Å²) in [6.45, 7) is 0.188. The number of nitrogens with two attached hydrogens (primary N) is 3. The van der Waals surface area contributed by atoms with Crippen LogP contribution in [0.2, 0.25) is 0 Å². The Morgan fingerprint density at radius 2 is 1.68 bits per heavy atom. The Morgan fingerprint density at radius 1 is 0.977 bits per heavy atom. The first-order valence-electron chi connectivity index (χ1n) is 14.0. The molecule has 4 atom stereocenters. The molecule has 0 aliphatic carbocycles. The fourth-order valence-electron chi connectivity index (χ4n) is 4.54. The Labute approximate surface area is 258 Å². The Kier molecular flexibility index (Phi) is 13.0. The van der Waals surface area contributed by atoms with E-state index in [0.717, 1.165) is 16.5 Å². The van der Waals surface area contributed by atoms with E-state index in [1.807, 2.05) is 30.5 Å². The van der Waals surface area contributed by atoms with Crippen molar-refractivity contribution in [3.8, 4) is 0 Å². The fraction of sp³-hybridized carbons (Fsp3) is 0.429. The van der Waals surface area contributed by atoms with Crippen molar-refractivity contribution in [3.05, 3.63) is 54.2 Å². The number of thioether (sulfide) groups is 1. The topological polar surface area (TPSA) is 259 Å². The summed E-state index contributed by atoms with van der Waals surface area (Å²) in [7, 11) is 0. The van der Waals surface area contributed by atoms with Gasteiger partial charge in [-0.2, -0.15) is 11.8 Å². The van der Waals surface area contributed by atoms with Gasteiger partial charge in [-0.3, -0.25) is 19.4 Å². The van der Waals surface area contributed by atoms with Gasteiger partial charge in [0, 0.05) is 42.0 Å². The number of nitrogens with zero attached hydrogens (tertiary/aromatic N) is 2. The van der Waals surface area contributed by atoms with Crippen LogP contribution in [0.1, 0.15) is 30.5 Å². The molecule has 3 amide bonds. The number of fused-ring (bicyclic) bond motifs is 1. The first kappa shape index (κ1) is 33.9. The van der Waals surface area contributed by atoms with Gasteiger partial charge >= 0.3 is 5.97 Å². The molecular weight excluding hydrogens is 588 g/mol. The normalized spacial score (nSPS) is 13.8. The Balaban J connectivity index is 1.75. The number of carbonyl (C=O) groups excluding carboxylic acids is 3. The van der Waals surface area contributed by atoms with Crippen LogP contribution < -0.4 is 33.2 Å². The molecule has 44 heavy (non-hydrogen) atoms. The van der Waals surface area contributed by atoms with Crippen LogP contribution in [0.25, 0.3) is 10.9 Å². The molecule has 0 aliphatic heterocycles. The number of para-hydroxylation sites is 1. The highest BCUT2D eigenvalue weighted by Gasteiger charge is 2.30. The van der Waals surface area contributed by atoms with Gasteiger partial charge < -0.3 is 48.2 Å². The minimum Gasteiger partial charge on any atom is -0.480 e. The summed E-state index contributed by atoms with van der Waals surface area (Å²) in [4.78, 5) is 65.7. The van der Waals surface area contributed by atoms with Crippen LogP contribution in [-0.4, -0.2) is 92.4 Å². The van der Waals surface area contributed by atoms with Crippen molar-refractivity contribution >= 4 is 52.3 Å². The summed E-state index contributed by atoms with van der Waals surface area (Å²) in [5, 5.41) is 18.4. The summed E-state index contributed by atoms with van der Waals surface area (Å²) in [5.41, 5.74) is 19.4. The van der Waals surface area contributed by atoms with Gasteiger partial charge in [-0.15, -0.1) is 0 Å². The third kappa shape index (κ3) is 10.3. The summed E-state index contributed by atoms with van der Waals surface area (Å²) in [6, 6.07) is 3.25. The van der Waals surface area contributed by atoms with Crippen LogP contribution in [0.5, 0.6) is 0 Å². The van der Waals surface area contributed by atoms with Crippen molar-refractivity contribution in [2.75, 3.05) is 18.6 Å². The molecule has 12 N–H and O–H groups in total. The average Bonchev–Trinajstić information content (AvgIpc) is 3.66. The minimum atomic E-state index is -1.19. The highest BCUT2D eigenvalue weighted by Crippen LogP contribution is 2.19. The van der Waals surface area contributed by atoms with Crippen LogP contribution in [0, 0.1) is 0 Å². The van der Waals surface area contributed by atoms with Gasteiger partial charge in [0.05, 0.1) is 12.4 Å². The molecule has 16 heteroatoms. The highest BCUT2D eigenvalue weighted by atomic mass is 32.2. The number of aromatic amines is 2. The first-order chi connectivity index (χ1) is 21.1. The number of imidazole rings is 1. The lowest BCUT2D eigenvalue weighted by Crippen LogP contribution is -2.57. The molecule has 0 bridgehead atoms. The number of benzene rings is 1. The maximum absolute atomic E-state index is 13.6. The van der Waals surface area contributed by atoms with Crippen molar-refractivity contribution < 1.29 is 24.3 Å². The maximum Gasteiger partial charge on any atom is 0.326 e. The van der Waals surface area contributed by atoms with E-state index in [4.69, 9.17) is 17.2 Å². The van der Waals surface area contributed by atoms with E-state index in [0.29, 0.717) is 17.9 Å². The number of hydrogen-bond donors (Lipinski definition) is 9. The molecule has 15 nitrogen and oxygen atoms in total. The molecule has 4 unspecified atom stereocenters. The lowest BCUT2D eigenvalue weighted by atomic mass is 10.0. The van der Waals surface area contributed by atoms with E-state index in [1.165, 1.54) is 24.3 Å². The summed E-state index contributed by atoms with van der Waals surface area (Å²) in [5.74, 6) is -2.71. The molecule has 0 saturated heterocycles. The molecule has 238 valence electrons. The molecule has 2 heterocycles. The average molecular weight is 629 g/mol. The van der Waals surface area contributed by atoms with Gasteiger partial charge in [-0.25, -0.2) is 9.78 Å². The van der Waals surface area contributed by atoms with E-state index >= 15 is 0 Å². The molecule has 1 aromatic carbocycles. The van der Waals surface area contributed by atoms with E-state index in [2.05, 4.69) is 35.9 Å². The minimum absolute atomic E-state index is 0.0329. The second kappa shape index (κ2) is 16.9. The van der Waals surface area contributed by atoms with Crippen LogP contribution in [0.4, 0.5) is 0 Å². The first-order valence-corrected chi connectivity index (χ1v) is 15.4. The van der Waals surface area contributed by atoms with E-state index in [1.54, 1.807) is 6.20 Å². The van der Waals surface area contributed by atoms with Gasteiger partial charge in [0.1, 0.15) is 18.1 Å². The largest absolute Gasteiger partial charge is 0.480 e. The number of carboxylic acids is 1. The summed E-state index contributed by atoms with van der Waals surface area (Å²) >= 11 is 1.44. The van der Waals surface area contributed by atoms with Gasteiger partial charge in [0.25, 0.3) is 0 Å². The van der Waals surface area contributed by atoms with Crippen molar-refractivity contribution in [1.82, 2.24) is 30.9 Å². The van der Waals surface area contributed by atoms with Gasteiger partial charge in [-0.05, 0) is 49.3 Å².